The minimum atomic E-state index is -3.53. The normalized spacial score (nSPS) is 13.9. The highest BCUT2D eigenvalue weighted by Crippen LogP contribution is 2.27. The van der Waals surface area contributed by atoms with Gasteiger partial charge in [-0.3, -0.25) is 0 Å². The van der Waals surface area contributed by atoms with Gasteiger partial charge in [-0.1, -0.05) is 11.6 Å². The Hall–Kier alpha value is -0.140. The van der Waals surface area contributed by atoms with Crippen LogP contribution in [0.15, 0.2) is 27.6 Å². The summed E-state index contributed by atoms with van der Waals surface area (Å²) in [6.45, 7) is 2.12. The predicted octanol–water partition coefficient (Wildman–Crippen LogP) is 2.76. The van der Waals surface area contributed by atoms with Gasteiger partial charge in [0.15, 0.2) is 0 Å². The maximum absolute atomic E-state index is 12.3. The number of hydrogen-bond acceptors (Lipinski definition) is 3. The molecule has 18 heavy (non-hydrogen) atoms. The van der Waals surface area contributed by atoms with Gasteiger partial charge in [-0.25, -0.2) is 8.42 Å². The molecule has 1 rings (SSSR count). The summed E-state index contributed by atoms with van der Waals surface area (Å²) in [5, 5.41) is 0.474. The van der Waals surface area contributed by atoms with Crippen molar-refractivity contribution in [3.63, 3.8) is 0 Å². The van der Waals surface area contributed by atoms with E-state index in [9.17, 15) is 8.42 Å². The van der Waals surface area contributed by atoms with Crippen LogP contribution in [0.3, 0.4) is 0 Å². The van der Waals surface area contributed by atoms with Gasteiger partial charge < -0.3 is 4.74 Å². The molecule has 0 radical (unpaired) electrons. The number of rotatable bonds is 5. The summed E-state index contributed by atoms with van der Waals surface area (Å²) < 4.78 is 31.4. The highest BCUT2D eigenvalue weighted by Gasteiger charge is 2.25. The van der Waals surface area contributed by atoms with E-state index in [1.54, 1.807) is 13.0 Å². The Morgan fingerprint density at radius 1 is 1.50 bits per heavy atom. The van der Waals surface area contributed by atoms with E-state index in [4.69, 9.17) is 16.3 Å². The maximum atomic E-state index is 12.3. The minimum Gasteiger partial charge on any atom is -0.383 e. The van der Waals surface area contributed by atoms with E-state index in [0.717, 1.165) is 0 Å². The van der Waals surface area contributed by atoms with Crippen LogP contribution in [0.5, 0.6) is 0 Å². The second-order valence-corrected chi connectivity index (χ2v) is 7.16. The van der Waals surface area contributed by atoms with Crippen molar-refractivity contribution in [1.82, 2.24) is 4.31 Å². The van der Waals surface area contributed by atoms with E-state index in [2.05, 4.69) is 15.9 Å². The Labute approximate surface area is 121 Å². The van der Waals surface area contributed by atoms with Gasteiger partial charge in [-0.05, 0) is 41.1 Å². The molecular weight excluding hydrogens is 342 g/mol. The second kappa shape index (κ2) is 6.34. The molecule has 4 nitrogen and oxygen atoms in total. The summed E-state index contributed by atoms with van der Waals surface area (Å²) in [7, 11) is -0.468. The van der Waals surface area contributed by atoms with Crippen molar-refractivity contribution in [2.24, 2.45) is 0 Å². The van der Waals surface area contributed by atoms with Crippen molar-refractivity contribution in [2.75, 3.05) is 20.8 Å². The van der Waals surface area contributed by atoms with Crippen molar-refractivity contribution >= 4 is 37.6 Å². The van der Waals surface area contributed by atoms with Gasteiger partial charge in [0.1, 0.15) is 0 Å². The lowest BCUT2D eigenvalue weighted by atomic mass is 10.4. The minimum absolute atomic E-state index is 0.198. The molecule has 0 amide bonds. The van der Waals surface area contributed by atoms with Crippen LogP contribution in [0, 0.1) is 0 Å². The molecule has 0 N–H and O–H groups in total. The Kier molecular flexibility index (Phi) is 5.61. The standard InChI is InChI=1S/C11H15BrClNO3S/c1-8(7-17-3)14(2)18(15,16)9-4-5-11(13)10(12)6-9/h4-6,8H,7H2,1-3H3. The highest BCUT2D eigenvalue weighted by atomic mass is 79.9. The maximum Gasteiger partial charge on any atom is 0.243 e. The van der Waals surface area contributed by atoms with E-state index in [0.29, 0.717) is 16.1 Å². The van der Waals surface area contributed by atoms with Crippen molar-refractivity contribution in [3.8, 4) is 0 Å². The summed E-state index contributed by atoms with van der Waals surface area (Å²) in [6, 6.07) is 4.29. The quantitative estimate of drug-likeness (QED) is 0.815. The van der Waals surface area contributed by atoms with Crippen LogP contribution in [0.1, 0.15) is 6.92 Å². The number of methoxy groups -OCH3 is 1. The first-order valence-electron chi connectivity index (χ1n) is 5.22. The Bertz CT molecular complexity index is 521. The summed E-state index contributed by atoms with van der Waals surface area (Å²) in [5.74, 6) is 0. The molecule has 0 aliphatic rings. The van der Waals surface area contributed by atoms with Crippen LogP contribution in [0.2, 0.25) is 5.02 Å². The highest BCUT2D eigenvalue weighted by molar-refractivity contribution is 9.10. The molecule has 0 saturated carbocycles. The largest absolute Gasteiger partial charge is 0.383 e. The molecule has 0 fully saturated rings. The lowest BCUT2D eigenvalue weighted by molar-refractivity contribution is 0.149. The average Bonchev–Trinajstić information content (AvgIpc) is 2.31. The van der Waals surface area contributed by atoms with Gasteiger partial charge in [0.2, 0.25) is 10.0 Å². The molecule has 1 aromatic carbocycles. The summed E-state index contributed by atoms with van der Waals surface area (Å²) >= 11 is 9.06. The van der Waals surface area contributed by atoms with Gasteiger partial charge >= 0.3 is 0 Å². The molecule has 1 aromatic rings. The van der Waals surface area contributed by atoms with E-state index < -0.39 is 10.0 Å². The second-order valence-electron chi connectivity index (χ2n) is 3.90. The van der Waals surface area contributed by atoms with E-state index in [-0.39, 0.29) is 10.9 Å². The lowest BCUT2D eigenvalue weighted by Gasteiger charge is -2.23. The fourth-order valence-corrected chi connectivity index (χ4v) is 3.41. The van der Waals surface area contributed by atoms with Gasteiger partial charge in [0.05, 0.1) is 16.5 Å². The smallest absolute Gasteiger partial charge is 0.243 e. The van der Waals surface area contributed by atoms with E-state index in [1.165, 1.54) is 30.6 Å². The fraction of sp³-hybridized carbons (Fsp3) is 0.455. The topological polar surface area (TPSA) is 46.6 Å². The average molecular weight is 357 g/mol. The number of hydrogen-bond donors (Lipinski definition) is 0. The SMILES string of the molecule is COCC(C)N(C)S(=O)(=O)c1ccc(Cl)c(Br)c1. The molecule has 0 heterocycles. The van der Waals surface area contributed by atoms with Gasteiger partial charge in [0, 0.05) is 24.7 Å². The summed E-state index contributed by atoms with van der Waals surface area (Å²) in [5.41, 5.74) is 0. The molecule has 1 unspecified atom stereocenters. The monoisotopic (exact) mass is 355 g/mol. The molecule has 0 aliphatic carbocycles. The molecule has 0 aromatic heterocycles. The lowest BCUT2D eigenvalue weighted by Crippen LogP contribution is -2.37. The number of sulfonamides is 1. The third-order valence-electron chi connectivity index (χ3n) is 2.60. The van der Waals surface area contributed by atoms with Crippen LogP contribution in [-0.2, 0) is 14.8 Å². The number of halogens is 2. The Morgan fingerprint density at radius 2 is 2.11 bits per heavy atom. The zero-order chi connectivity index (χ0) is 13.9. The number of likely N-dealkylation sites (N-methyl/N-ethyl adjacent to an activating group) is 1. The van der Waals surface area contributed by atoms with E-state index >= 15 is 0 Å². The van der Waals surface area contributed by atoms with Crippen molar-refractivity contribution < 1.29 is 13.2 Å². The first-order chi connectivity index (χ1) is 8.30. The first kappa shape index (κ1) is 15.9. The molecule has 0 aliphatic heterocycles. The molecule has 0 bridgehead atoms. The Morgan fingerprint density at radius 3 is 2.61 bits per heavy atom. The van der Waals surface area contributed by atoms with Crippen molar-refractivity contribution in [2.45, 2.75) is 17.9 Å². The molecule has 0 saturated heterocycles. The van der Waals surface area contributed by atoms with Crippen LogP contribution in [-0.4, -0.2) is 39.5 Å². The van der Waals surface area contributed by atoms with Gasteiger partial charge in [0.25, 0.3) is 0 Å². The predicted molar refractivity (Wildman–Crippen MR) is 75.4 cm³/mol. The molecular formula is C11H15BrClNO3S. The number of ether oxygens (including phenoxy) is 1. The van der Waals surface area contributed by atoms with Gasteiger partial charge in [-0.2, -0.15) is 4.31 Å². The van der Waals surface area contributed by atoms with Gasteiger partial charge in [-0.15, -0.1) is 0 Å². The van der Waals surface area contributed by atoms with Crippen molar-refractivity contribution in [3.05, 3.63) is 27.7 Å². The Balaban J connectivity index is 3.09. The van der Waals surface area contributed by atoms with Crippen LogP contribution in [0.25, 0.3) is 0 Å². The summed E-state index contributed by atoms with van der Waals surface area (Å²) in [6.07, 6.45) is 0. The fourth-order valence-electron chi connectivity index (χ4n) is 1.39. The molecule has 1 atom stereocenters. The zero-order valence-electron chi connectivity index (χ0n) is 10.4. The number of benzene rings is 1. The van der Waals surface area contributed by atoms with Crippen LogP contribution in [0.4, 0.5) is 0 Å². The summed E-state index contributed by atoms with van der Waals surface area (Å²) in [4.78, 5) is 0.198. The van der Waals surface area contributed by atoms with Crippen LogP contribution >= 0.6 is 27.5 Å². The number of nitrogens with zero attached hydrogens (tertiary/aromatic N) is 1. The van der Waals surface area contributed by atoms with Crippen LogP contribution < -0.4 is 0 Å². The van der Waals surface area contributed by atoms with Crippen molar-refractivity contribution in [1.29, 1.82) is 0 Å². The zero-order valence-corrected chi connectivity index (χ0v) is 13.5. The molecule has 0 spiro atoms. The third kappa shape index (κ3) is 3.45. The molecule has 102 valence electrons. The molecule has 7 heteroatoms. The third-order valence-corrected chi connectivity index (χ3v) is 5.78. The van der Waals surface area contributed by atoms with E-state index in [1.807, 2.05) is 0 Å². The first-order valence-corrected chi connectivity index (χ1v) is 7.83.